The number of hydrogen-bond donors (Lipinski definition) is 1. The highest BCUT2D eigenvalue weighted by atomic mass is 32.2. The smallest absolute Gasteiger partial charge is 0.151 e. The molecule has 0 aromatic rings. The third-order valence-electron chi connectivity index (χ3n) is 3.47. The van der Waals surface area contributed by atoms with Crippen LogP contribution in [0, 0.1) is 5.92 Å². The highest BCUT2D eigenvalue weighted by Gasteiger charge is 2.23. The first-order chi connectivity index (χ1) is 7.44. The molecule has 0 aromatic carbocycles. The second-order valence-corrected chi connectivity index (χ2v) is 7.13. The van der Waals surface area contributed by atoms with Gasteiger partial charge in [0.05, 0.1) is 11.9 Å². The lowest BCUT2D eigenvalue weighted by molar-refractivity contribution is 0.0739. The molecule has 1 saturated heterocycles. The van der Waals surface area contributed by atoms with Crippen LogP contribution in [0.15, 0.2) is 0 Å². The summed E-state index contributed by atoms with van der Waals surface area (Å²) in [4.78, 5) is 2.19. The van der Waals surface area contributed by atoms with Gasteiger partial charge < -0.3 is 10.0 Å². The van der Waals surface area contributed by atoms with Crippen LogP contribution in [-0.4, -0.2) is 55.7 Å². The van der Waals surface area contributed by atoms with Gasteiger partial charge in [-0.1, -0.05) is 6.92 Å². The van der Waals surface area contributed by atoms with Gasteiger partial charge in [-0.3, -0.25) is 0 Å². The van der Waals surface area contributed by atoms with E-state index in [0.29, 0.717) is 12.5 Å². The zero-order chi connectivity index (χ0) is 12.2. The summed E-state index contributed by atoms with van der Waals surface area (Å²) in [5.41, 5.74) is 0. The van der Waals surface area contributed by atoms with Crippen molar-refractivity contribution in [3.8, 4) is 0 Å². The first-order valence-electron chi connectivity index (χ1n) is 6.05. The summed E-state index contributed by atoms with van der Waals surface area (Å²) >= 11 is 0. The Hall–Kier alpha value is -0.130. The van der Waals surface area contributed by atoms with E-state index in [9.17, 15) is 13.5 Å². The van der Waals surface area contributed by atoms with Crippen molar-refractivity contribution in [2.75, 3.05) is 31.1 Å². The lowest BCUT2D eigenvalue weighted by Gasteiger charge is -2.33. The monoisotopic (exact) mass is 249 g/mol. The molecule has 96 valence electrons. The predicted molar refractivity (Wildman–Crippen MR) is 65.2 cm³/mol. The molecule has 0 aromatic heterocycles. The molecule has 0 aliphatic carbocycles. The van der Waals surface area contributed by atoms with Crippen LogP contribution in [0.1, 0.15) is 26.7 Å². The molecule has 0 radical (unpaired) electrons. The maximum absolute atomic E-state index is 11.3. The fraction of sp³-hybridized carbons (Fsp3) is 1.00. The van der Waals surface area contributed by atoms with Crippen molar-refractivity contribution in [1.29, 1.82) is 0 Å². The topological polar surface area (TPSA) is 57.6 Å². The second-order valence-electron chi connectivity index (χ2n) is 4.66. The molecular weight excluding hydrogens is 226 g/mol. The van der Waals surface area contributed by atoms with Gasteiger partial charge in [0.2, 0.25) is 0 Å². The third-order valence-corrected chi connectivity index (χ3v) is 5.16. The van der Waals surface area contributed by atoms with Gasteiger partial charge in [0.15, 0.2) is 9.84 Å². The van der Waals surface area contributed by atoms with Crippen molar-refractivity contribution in [3.63, 3.8) is 0 Å². The molecule has 1 rings (SSSR count). The number of nitrogens with zero attached hydrogens (tertiary/aromatic N) is 1. The summed E-state index contributed by atoms with van der Waals surface area (Å²) in [7, 11) is -2.84. The van der Waals surface area contributed by atoms with E-state index >= 15 is 0 Å². The van der Waals surface area contributed by atoms with Crippen molar-refractivity contribution >= 4 is 9.84 Å². The molecule has 0 amide bonds. The molecule has 5 heteroatoms. The fourth-order valence-corrected chi connectivity index (χ4v) is 2.90. The van der Waals surface area contributed by atoms with Crippen LogP contribution >= 0.6 is 0 Å². The highest BCUT2D eigenvalue weighted by Crippen LogP contribution is 2.20. The number of aliphatic hydroxyl groups excluding tert-OH is 1. The van der Waals surface area contributed by atoms with Crippen LogP contribution in [0.5, 0.6) is 0 Å². The zero-order valence-corrected chi connectivity index (χ0v) is 11.0. The molecule has 1 aliphatic rings. The number of piperidine rings is 1. The number of hydrogen-bond acceptors (Lipinski definition) is 4. The summed E-state index contributed by atoms with van der Waals surface area (Å²) in [5.74, 6) is 0.888. The van der Waals surface area contributed by atoms with E-state index in [4.69, 9.17) is 0 Å². The lowest BCUT2D eigenvalue weighted by Crippen LogP contribution is -2.39. The van der Waals surface area contributed by atoms with Crippen molar-refractivity contribution in [2.45, 2.75) is 32.8 Å². The average molecular weight is 249 g/mol. The molecule has 16 heavy (non-hydrogen) atoms. The van der Waals surface area contributed by atoms with Gasteiger partial charge in [0.25, 0.3) is 0 Å². The quantitative estimate of drug-likeness (QED) is 0.771. The molecule has 1 fully saturated rings. The third kappa shape index (κ3) is 4.39. The Labute approximate surface area is 98.6 Å². The molecule has 0 spiro atoms. The summed E-state index contributed by atoms with van der Waals surface area (Å²) in [6.45, 7) is 5.99. The van der Waals surface area contributed by atoms with E-state index in [-0.39, 0.29) is 17.6 Å². The van der Waals surface area contributed by atoms with Crippen molar-refractivity contribution in [3.05, 3.63) is 0 Å². The molecular formula is C11H23NO3S. The van der Waals surface area contributed by atoms with Crippen molar-refractivity contribution in [2.24, 2.45) is 5.92 Å². The van der Waals surface area contributed by atoms with E-state index in [0.717, 1.165) is 25.9 Å². The lowest BCUT2D eigenvalue weighted by atomic mass is 9.92. The standard InChI is InChI=1S/C11H23NO3S/c1-3-16(14,15)9-8-12-6-4-11(5-7-12)10(2)13/h10-11,13H,3-9H2,1-2H3. The summed E-state index contributed by atoms with van der Waals surface area (Å²) in [6, 6.07) is 0. The Bertz CT molecular complexity index is 292. The van der Waals surface area contributed by atoms with Crippen LogP contribution in [-0.2, 0) is 9.84 Å². The van der Waals surface area contributed by atoms with E-state index in [1.807, 2.05) is 6.92 Å². The average Bonchev–Trinajstić information content (AvgIpc) is 2.27. The number of rotatable bonds is 5. The van der Waals surface area contributed by atoms with Crippen LogP contribution in [0.3, 0.4) is 0 Å². The van der Waals surface area contributed by atoms with Crippen LogP contribution < -0.4 is 0 Å². The van der Waals surface area contributed by atoms with Gasteiger partial charge in [-0.05, 0) is 38.8 Å². The molecule has 0 bridgehead atoms. The zero-order valence-electron chi connectivity index (χ0n) is 10.2. The van der Waals surface area contributed by atoms with Crippen LogP contribution in [0.2, 0.25) is 0 Å². The maximum atomic E-state index is 11.3. The maximum Gasteiger partial charge on any atom is 0.151 e. The van der Waals surface area contributed by atoms with Gasteiger partial charge >= 0.3 is 0 Å². The van der Waals surface area contributed by atoms with E-state index < -0.39 is 9.84 Å². The van der Waals surface area contributed by atoms with Gasteiger partial charge in [0, 0.05) is 12.3 Å². The summed E-state index contributed by atoms with van der Waals surface area (Å²) in [5, 5.41) is 9.45. The normalized spacial score (nSPS) is 22.2. The van der Waals surface area contributed by atoms with E-state index in [1.165, 1.54) is 0 Å². The minimum Gasteiger partial charge on any atom is -0.393 e. The van der Waals surface area contributed by atoms with Crippen molar-refractivity contribution in [1.82, 2.24) is 4.90 Å². The largest absolute Gasteiger partial charge is 0.393 e. The molecule has 4 nitrogen and oxygen atoms in total. The Kier molecular flexibility index (Phi) is 5.21. The summed E-state index contributed by atoms with van der Waals surface area (Å²) in [6.07, 6.45) is 1.72. The fourth-order valence-electron chi connectivity index (χ4n) is 2.07. The van der Waals surface area contributed by atoms with Gasteiger partial charge in [-0.25, -0.2) is 8.42 Å². The SMILES string of the molecule is CCS(=O)(=O)CCN1CCC(C(C)O)CC1. The minimum absolute atomic E-state index is 0.233. The molecule has 1 N–H and O–H groups in total. The highest BCUT2D eigenvalue weighted by molar-refractivity contribution is 7.91. The number of sulfone groups is 1. The van der Waals surface area contributed by atoms with Gasteiger partial charge in [-0.15, -0.1) is 0 Å². The molecule has 0 saturated carbocycles. The predicted octanol–water partition coefficient (Wildman–Crippen LogP) is 0.514. The molecule has 1 heterocycles. The molecule has 1 unspecified atom stereocenters. The van der Waals surface area contributed by atoms with Crippen LogP contribution in [0.25, 0.3) is 0 Å². The van der Waals surface area contributed by atoms with Crippen molar-refractivity contribution < 1.29 is 13.5 Å². The van der Waals surface area contributed by atoms with E-state index in [2.05, 4.69) is 4.90 Å². The Morgan fingerprint density at radius 1 is 1.38 bits per heavy atom. The Balaban J connectivity index is 2.28. The second kappa shape index (κ2) is 5.98. The number of likely N-dealkylation sites (tertiary alicyclic amines) is 1. The Morgan fingerprint density at radius 3 is 2.38 bits per heavy atom. The first-order valence-corrected chi connectivity index (χ1v) is 7.87. The first kappa shape index (κ1) is 13.9. The molecule has 1 aliphatic heterocycles. The van der Waals surface area contributed by atoms with Gasteiger partial charge in [-0.2, -0.15) is 0 Å². The number of aliphatic hydroxyl groups is 1. The minimum atomic E-state index is -2.84. The Morgan fingerprint density at radius 2 is 1.94 bits per heavy atom. The summed E-state index contributed by atoms with van der Waals surface area (Å²) < 4.78 is 22.7. The van der Waals surface area contributed by atoms with E-state index in [1.54, 1.807) is 6.92 Å². The van der Waals surface area contributed by atoms with Crippen LogP contribution in [0.4, 0.5) is 0 Å². The van der Waals surface area contributed by atoms with Gasteiger partial charge in [0.1, 0.15) is 0 Å². The molecule has 1 atom stereocenters.